The number of halogens is 2. The molecule has 4 N–H and O–H groups in total. The smallest absolute Gasteiger partial charge is 0.388 e. The van der Waals surface area contributed by atoms with Crippen molar-refractivity contribution in [3.63, 3.8) is 0 Å². The van der Waals surface area contributed by atoms with Gasteiger partial charge < -0.3 is 15.0 Å². The molecule has 142 valence electrons. The first-order valence-corrected chi connectivity index (χ1v) is 8.84. The van der Waals surface area contributed by atoms with E-state index in [4.69, 9.17) is 10.3 Å². The quantitative estimate of drug-likeness (QED) is 0.548. The molecule has 0 radical (unpaired) electrons. The number of primary amides is 1. The SMILES string of the molecule is Cc1cc(-c2c(C(N)=O)ncc3[nH]nc(OC(F)F)c23)ccc1CS(=O)O. The van der Waals surface area contributed by atoms with Gasteiger partial charge in [-0.3, -0.25) is 9.89 Å². The third-order valence-electron chi connectivity index (χ3n) is 3.92. The number of H-pyrrole nitrogens is 1. The number of rotatable bonds is 6. The van der Waals surface area contributed by atoms with Crippen LogP contribution in [0.2, 0.25) is 0 Å². The van der Waals surface area contributed by atoms with Crippen molar-refractivity contribution in [2.24, 2.45) is 5.73 Å². The summed E-state index contributed by atoms with van der Waals surface area (Å²) in [6.45, 7) is -1.40. The fourth-order valence-corrected chi connectivity index (χ4v) is 3.36. The molecule has 1 aromatic carbocycles. The van der Waals surface area contributed by atoms with Crippen molar-refractivity contribution in [3.05, 3.63) is 41.2 Å². The second kappa shape index (κ2) is 7.37. The summed E-state index contributed by atoms with van der Waals surface area (Å²) >= 11 is -2.02. The third-order valence-corrected chi connectivity index (χ3v) is 4.47. The highest BCUT2D eigenvalue weighted by atomic mass is 32.2. The van der Waals surface area contributed by atoms with E-state index < -0.39 is 29.5 Å². The zero-order valence-electron chi connectivity index (χ0n) is 13.9. The second-order valence-electron chi connectivity index (χ2n) is 5.65. The highest BCUT2D eigenvalue weighted by Crippen LogP contribution is 2.36. The molecular formula is C16H14F2N4O4S. The molecule has 1 amide bonds. The average Bonchev–Trinajstić information content (AvgIpc) is 2.98. The fraction of sp³-hybridized carbons (Fsp3) is 0.188. The van der Waals surface area contributed by atoms with Crippen molar-refractivity contribution >= 4 is 27.9 Å². The molecule has 0 fully saturated rings. The number of nitrogens with zero attached hydrogens (tertiary/aromatic N) is 2. The lowest BCUT2D eigenvalue weighted by molar-refractivity contribution is -0.0518. The number of fused-ring (bicyclic) bond motifs is 1. The van der Waals surface area contributed by atoms with Crippen molar-refractivity contribution in [2.75, 3.05) is 0 Å². The maximum Gasteiger partial charge on any atom is 0.388 e. The molecule has 0 saturated heterocycles. The molecule has 11 heteroatoms. The molecule has 3 aromatic rings. The van der Waals surface area contributed by atoms with Crippen LogP contribution >= 0.6 is 0 Å². The number of pyridine rings is 1. The van der Waals surface area contributed by atoms with Crippen LogP contribution in [0.15, 0.2) is 24.4 Å². The van der Waals surface area contributed by atoms with Crippen molar-refractivity contribution in [2.45, 2.75) is 19.3 Å². The number of amides is 1. The third kappa shape index (κ3) is 3.78. The summed E-state index contributed by atoms with van der Waals surface area (Å²) < 4.78 is 50.0. The average molecular weight is 396 g/mol. The Labute approximate surface area is 154 Å². The van der Waals surface area contributed by atoms with E-state index in [1.54, 1.807) is 25.1 Å². The van der Waals surface area contributed by atoms with Gasteiger partial charge in [0.05, 0.1) is 22.9 Å². The number of aromatic amines is 1. The summed E-state index contributed by atoms with van der Waals surface area (Å²) in [5.74, 6) is -1.31. The number of nitrogens with one attached hydrogen (secondary N) is 1. The molecule has 0 spiro atoms. The molecule has 2 heterocycles. The van der Waals surface area contributed by atoms with Gasteiger partial charge >= 0.3 is 6.61 Å². The predicted molar refractivity (Wildman–Crippen MR) is 93.7 cm³/mol. The van der Waals surface area contributed by atoms with Crippen molar-refractivity contribution in [3.8, 4) is 17.0 Å². The van der Waals surface area contributed by atoms with Crippen molar-refractivity contribution < 1.29 is 27.1 Å². The van der Waals surface area contributed by atoms with Gasteiger partial charge in [0.1, 0.15) is 5.69 Å². The zero-order chi connectivity index (χ0) is 19.7. The molecule has 27 heavy (non-hydrogen) atoms. The Bertz CT molecular complexity index is 1050. The Morgan fingerprint density at radius 3 is 2.78 bits per heavy atom. The molecule has 0 aliphatic heterocycles. The van der Waals surface area contributed by atoms with Crippen LogP contribution in [-0.4, -0.2) is 36.5 Å². The van der Waals surface area contributed by atoms with Crippen molar-refractivity contribution in [1.29, 1.82) is 0 Å². The Morgan fingerprint density at radius 2 is 2.19 bits per heavy atom. The van der Waals surface area contributed by atoms with Gasteiger partial charge in [-0.25, -0.2) is 9.19 Å². The molecule has 1 atom stereocenters. The summed E-state index contributed by atoms with van der Waals surface area (Å²) in [6.07, 6.45) is 1.25. The lowest BCUT2D eigenvalue weighted by Crippen LogP contribution is -2.15. The number of aryl methyl sites for hydroxylation is 1. The van der Waals surface area contributed by atoms with Gasteiger partial charge in [0.2, 0.25) is 5.88 Å². The number of alkyl halides is 2. The summed E-state index contributed by atoms with van der Waals surface area (Å²) in [6, 6.07) is 4.83. The first-order chi connectivity index (χ1) is 12.8. The van der Waals surface area contributed by atoms with Gasteiger partial charge in [-0.05, 0) is 23.6 Å². The summed E-state index contributed by atoms with van der Waals surface area (Å²) in [5.41, 5.74) is 7.47. The van der Waals surface area contributed by atoms with Crippen LogP contribution in [0.5, 0.6) is 5.88 Å². The molecule has 0 aliphatic rings. The van der Waals surface area contributed by atoms with Crippen LogP contribution in [0.4, 0.5) is 8.78 Å². The highest BCUT2D eigenvalue weighted by molar-refractivity contribution is 7.78. The van der Waals surface area contributed by atoms with Gasteiger partial charge in [0.25, 0.3) is 5.91 Å². The number of hydrogen-bond acceptors (Lipinski definition) is 5. The van der Waals surface area contributed by atoms with E-state index in [0.29, 0.717) is 16.7 Å². The molecule has 0 saturated carbocycles. The molecular weight excluding hydrogens is 382 g/mol. The number of aromatic nitrogens is 3. The molecule has 1 unspecified atom stereocenters. The van der Waals surface area contributed by atoms with Crippen LogP contribution in [0.3, 0.4) is 0 Å². The number of hydrogen-bond donors (Lipinski definition) is 3. The standard InChI is InChI=1S/C16H14F2N4O4S/c1-7-4-8(2-3-9(7)6-27(24)25)11-12-10(5-20-13(11)14(19)23)21-22-15(12)26-16(17)18/h2-5,16H,6H2,1H3,(H2,19,23)(H,21,22)(H,24,25). The summed E-state index contributed by atoms with van der Waals surface area (Å²) in [7, 11) is 0. The van der Waals surface area contributed by atoms with E-state index in [9.17, 15) is 17.8 Å². The van der Waals surface area contributed by atoms with E-state index >= 15 is 0 Å². The number of carbonyl (C=O) groups excluding carboxylic acids is 1. The van der Waals surface area contributed by atoms with Gasteiger partial charge in [0, 0.05) is 5.56 Å². The van der Waals surface area contributed by atoms with Crippen molar-refractivity contribution in [1.82, 2.24) is 15.2 Å². The fourth-order valence-electron chi connectivity index (χ4n) is 2.77. The first kappa shape index (κ1) is 18.9. The largest absolute Gasteiger partial charge is 0.415 e. The van der Waals surface area contributed by atoms with E-state index in [-0.39, 0.29) is 27.9 Å². The predicted octanol–water partition coefficient (Wildman–Crippen LogP) is 2.36. The topological polar surface area (TPSA) is 131 Å². The molecule has 8 nitrogen and oxygen atoms in total. The van der Waals surface area contributed by atoms with Gasteiger partial charge in [-0.2, -0.15) is 8.78 Å². The first-order valence-electron chi connectivity index (χ1n) is 7.57. The number of nitrogens with two attached hydrogens (primary N) is 1. The zero-order valence-corrected chi connectivity index (χ0v) is 14.7. The van der Waals surface area contributed by atoms with E-state index in [1.807, 2.05) is 0 Å². The second-order valence-corrected chi connectivity index (χ2v) is 6.58. The molecule has 3 rings (SSSR count). The van der Waals surface area contributed by atoms with Gasteiger partial charge in [0.15, 0.2) is 11.1 Å². The Balaban J connectivity index is 2.26. The summed E-state index contributed by atoms with van der Waals surface area (Å²) in [5, 5.41) is 6.37. The van der Waals surface area contributed by atoms with E-state index in [0.717, 1.165) is 0 Å². The van der Waals surface area contributed by atoms with E-state index in [2.05, 4.69) is 19.9 Å². The Hall–Kier alpha value is -2.92. The monoisotopic (exact) mass is 396 g/mol. The van der Waals surface area contributed by atoms with Crippen LogP contribution in [0, 0.1) is 6.92 Å². The maximum atomic E-state index is 12.7. The molecule has 2 aromatic heterocycles. The maximum absolute atomic E-state index is 12.7. The minimum atomic E-state index is -3.11. The lowest BCUT2D eigenvalue weighted by Gasteiger charge is -2.12. The number of benzene rings is 1. The molecule has 0 bridgehead atoms. The normalized spacial score (nSPS) is 12.5. The van der Waals surface area contributed by atoms with Crippen LogP contribution in [0.25, 0.3) is 22.0 Å². The highest BCUT2D eigenvalue weighted by Gasteiger charge is 2.23. The molecule has 0 aliphatic carbocycles. The van der Waals surface area contributed by atoms with E-state index in [1.165, 1.54) is 6.20 Å². The Kier molecular flexibility index (Phi) is 5.15. The van der Waals surface area contributed by atoms with Gasteiger partial charge in [-0.15, -0.1) is 5.10 Å². The Morgan fingerprint density at radius 1 is 1.44 bits per heavy atom. The minimum Gasteiger partial charge on any atom is -0.415 e. The minimum absolute atomic E-state index is 0.0668. The van der Waals surface area contributed by atoms with Crippen LogP contribution < -0.4 is 10.5 Å². The lowest BCUT2D eigenvalue weighted by atomic mass is 9.96. The summed E-state index contributed by atoms with van der Waals surface area (Å²) in [4.78, 5) is 15.9. The van der Waals surface area contributed by atoms with Gasteiger partial charge in [-0.1, -0.05) is 18.2 Å². The van der Waals surface area contributed by atoms with Crippen LogP contribution in [0.1, 0.15) is 21.6 Å². The van der Waals surface area contributed by atoms with Crippen LogP contribution in [-0.2, 0) is 16.8 Å². The number of carbonyl (C=O) groups is 1. The number of ether oxygens (including phenoxy) is 1.